The van der Waals surface area contributed by atoms with E-state index < -0.39 is 6.03 Å². The van der Waals surface area contributed by atoms with E-state index in [4.69, 9.17) is 5.73 Å². The van der Waals surface area contributed by atoms with Crippen LogP contribution < -0.4 is 16.4 Å². The number of likely N-dealkylation sites (N-methyl/N-ethyl adjacent to an activating group) is 1. The first-order valence-electron chi connectivity index (χ1n) is 6.06. The van der Waals surface area contributed by atoms with E-state index in [0.29, 0.717) is 13.1 Å². The lowest BCUT2D eigenvalue weighted by Gasteiger charge is -2.15. The van der Waals surface area contributed by atoms with Gasteiger partial charge in [0.2, 0.25) is 5.91 Å². The Kier molecular flexibility index (Phi) is 9.37. The molecule has 0 heterocycles. The number of rotatable bonds is 8. The minimum absolute atomic E-state index is 0.210. The number of hydrogen-bond acceptors (Lipinski definition) is 4. The van der Waals surface area contributed by atoms with E-state index in [1.54, 1.807) is 0 Å². The molecule has 100 valence electrons. The van der Waals surface area contributed by atoms with Crippen molar-refractivity contribution in [3.63, 3.8) is 0 Å². The third-order valence-electron chi connectivity index (χ3n) is 2.23. The van der Waals surface area contributed by atoms with Gasteiger partial charge in [-0.15, -0.1) is 0 Å². The van der Waals surface area contributed by atoms with Crippen molar-refractivity contribution < 1.29 is 9.59 Å². The highest BCUT2D eigenvalue weighted by atomic mass is 16.2. The van der Waals surface area contributed by atoms with Crippen LogP contribution in [0.5, 0.6) is 0 Å². The van der Waals surface area contributed by atoms with Gasteiger partial charge < -0.3 is 11.1 Å². The number of urea groups is 1. The highest BCUT2D eigenvalue weighted by molar-refractivity contribution is 5.95. The molecule has 3 amide bonds. The van der Waals surface area contributed by atoms with Gasteiger partial charge >= 0.3 is 6.03 Å². The topological polar surface area (TPSA) is 87.5 Å². The average Bonchev–Trinajstić information content (AvgIpc) is 2.26. The fourth-order valence-corrected chi connectivity index (χ4v) is 1.27. The zero-order valence-corrected chi connectivity index (χ0v) is 10.8. The van der Waals surface area contributed by atoms with E-state index in [1.165, 1.54) is 0 Å². The molecule has 6 heteroatoms. The number of hydrogen-bond donors (Lipinski definition) is 3. The van der Waals surface area contributed by atoms with Crippen LogP contribution in [0.25, 0.3) is 0 Å². The summed E-state index contributed by atoms with van der Waals surface area (Å²) >= 11 is 0. The summed E-state index contributed by atoms with van der Waals surface area (Å²) in [5.41, 5.74) is 5.37. The molecule has 0 atom stereocenters. The van der Waals surface area contributed by atoms with Crippen LogP contribution in [0.15, 0.2) is 0 Å². The second-order valence-corrected chi connectivity index (χ2v) is 4.04. The predicted octanol–water partition coefficient (Wildman–Crippen LogP) is -0.107. The Labute approximate surface area is 103 Å². The summed E-state index contributed by atoms with van der Waals surface area (Å²) in [4.78, 5) is 24.5. The highest BCUT2D eigenvalue weighted by Crippen LogP contribution is 1.86. The first-order valence-corrected chi connectivity index (χ1v) is 6.06. The first-order chi connectivity index (χ1) is 8.10. The van der Waals surface area contributed by atoms with E-state index in [2.05, 4.69) is 10.6 Å². The molecule has 0 rings (SSSR count). The number of unbranched alkanes of at least 4 members (excludes halogenated alkanes) is 1. The van der Waals surface area contributed by atoms with E-state index in [0.717, 1.165) is 25.8 Å². The van der Waals surface area contributed by atoms with Gasteiger partial charge in [-0.1, -0.05) is 13.3 Å². The van der Waals surface area contributed by atoms with Gasteiger partial charge in [-0.3, -0.25) is 15.0 Å². The molecule has 0 aromatic heterocycles. The van der Waals surface area contributed by atoms with Crippen molar-refractivity contribution >= 4 is 11.9 Å². The molecule has 0 bridgehead atoms. The van der Waals surface area contributed by atoms with E-state index in [1.807, 2.05) is 18.9 Å². The number of imide groups is 1. The molecule has 0 fully saturated rings. The van der Waals surface area contributed by atoms with Crippen LogP contribution in [0.4, 0.5) is 4.79 Å². The van der Waals surface area contributed by atoms with E-state index in [-0.39, 0.29) is 12.5 Å². The summed E-state index contributed by atoms with van der Waals surface area (Å²) < 4.78 is 0. The van der Waals surface area contributed by atoms with Gasteiger partial charge in [-0.2, -0.15) is 0 Å². The number of nitrogens with zero attached hydrogens (tertiary/aromatic N) is 1. The van der Waals surface area contributed by atoms with Gasteiger partial charge in [0.1, 0.15) is 0 Å². The monoisotopic (exact) mass is 244 g/mol. The van der Waals surface area contributed by atoms with Gasteiger partial charge in [0.25, 0.3) is 0 Å². The van der Waals surface area contributed by atoms with Crippen molar-refractivity contribution in [3.8, 4) is 0 Å². The Hall–Kier alpha value is -1.14. The summed E-state index contributed by atoms with van der Waals surface area (Å²) in [5, 5.41) is 4.91. The maximum atomic E-state index is 11.4. The van der Waals surface area contributed by atoms with Crippen molar-refractivity contribution in [1.29, 1.82) is 0 Å². The Morgan fingerprint density at radius 1 is 1.29 bits per heavy atom. The van der Waals surface area contributed by atoms with Gasteiger partial charge in [0.05, 0.1) is 6.54 Å². The predicted molar refractivity (Wildman–Crippen MR) is 67.6 cm³/mol. The number of carbonyl (C=O) groups is 2. The molecule has 0 aliphatic carbocycles. The fourth-order valence-electron chi connectivity index (χ4n) is 1.27. The molecule has 0 saturated heterocycles. The standard InChI is InChI=1S/C11H24N4O2/c1-3-4-7-13-11(17)14-10(16)9-15(2)8-5-6-12/h3-9,12H2,1-2H3,(H2,13,14,16,17). The maximum Gasteiger partial charge on any atom is 0.321 e. The number of nitrogens with two attached hydrogens (primary N) is 1. The SMILES string of the molecule is CCCCNC(=O)NC(=O)CN(C)CCCN. The Morgan fingerprint density at radius 3 is 2.59 bits per heavy atom. The molecule has 0 radical (unpaired) electrons. The lowest BCUT2D eigenvalue weighted by atomic mass is 10.3. The normalized spacial score (nSPS) is 10.4. The Morgan fingerprint density at radius 2 is 2.00 bits per heavy atom. The molecule has 0 aromatic carbocycles. The minimum Gasteiger partial charge on any atom is -0.338 e. The lowest BCUT2D eigenvalue weighted by molar-refractivity contribution is -0.120. The molecule has 0 saturated carbocycles. The average molecular weight is 244 g/mol. The minimum atomic E-state index is -0.421. The quantitative estimate of drug-likeness (QED) is 0.520. The van der Waals surface area contributed by atoms with Gasteiger partial charge in [-0.25, -0.2) is 4.79 Å². The van der Waals surface area contributed by atoms with Gasteiger partial charge in [0, 0.05) is 6.54 Å². The van der Waals surface area contributed by atoms with Gasteiger partial charge in [0.15, 0.2) is 0 Å². The van der Waals surface area contributed by atoms with Crippen LogP contribution in [0.3, 0.4) is 0 Å². The molecule has 6 nitrogen and oxygen atoms in total. The zero-order chi connectivity index (χ0) is 13.1. The van der Waals surface area contributed by atoms with Crippen molar-refractivity contribution in [2.75, 3.05) is 33.2 Å². The first kappa shape index (κ1) is 15.9. The third kappa shape index (κ3) is 9.77. The molecule has 0 aromatic rings. The zero-order valence-electron chi connectivity index (χ0n) is 10.8. The summed E-state index contributed by atoms with van der Waals surface area (Å²) in [6.45, 7) is 4.20. The van der Waals surface area contributed by atoms with Crippen LogP contribution in [0.1, 0.15) is 26.2 Å². The van der Waals surface area contributed by atoms with E-state index in [9.17, 15) is 9.59 Å². The van der Waals surface area contributed by atoms with E-state index >= 15 is 0 Å². The highest BCUT2D eigenvalue weighted by Gasteiger charge is 2.09. The summed E-state index contributed by atoms with van der Waals surface area (Å²) in [5.74, 6) is -0.293. The number of nitrogens with one attached hydrogen (secondary N) is 2. The molecular formula is C11H24N4O2. The van der Waals surface area contributed by atoms with Crippen LogP contribution in [-0.2, 0) is 4.79 Å². The van der Waals surface area contributed by atoms with Crippen molar-refractivity contribution in [3.05, 3.63) is 0 Å². The van der Waals surface area contributed by atoms with Gasteiger partial charge in [-0.05, 0) is 33.0 Å². The van der Waals surface area contributed by atoms with Crippen LogP contribution >= 0.6 is 0 Å². The number of carbonyl (C=O) groups excluding carboxylic acids is 2. The second kappa shape index (κ2) is 10.0. The smallest absolute Gasteiger partial charge is 0.321 e. The van der Waals surface area contributed by atoms with Crippen molar-refractivity contribution in [2.45, 2.75) is 26.2 Å². The van der Waals surface area contributed by atoms with Crippen molar-refractivity contribution in [1.82, 2.24) is 15.5 Å². The summed E-state index contributed by atoms with van der Waals surface area (Å²) in [7, 11) is 1.82. The summed E-state index contributed by atoms with van der Waals surface area (Å²) in [6, 6.07) is -0.421. The molecule has 0 unspecified atom stereocenters. The Balaban J connectivity index is 3.66. The molecule has 0 aliphatic rings. The van der Waals surface area contributed by atoms with Crippen LogP contribution in [-0.4, -0.2) is 50.1 Å². The van der Waals surface area contributed by atoms with Crippen LogP contribution in [0.2, 0.25) is 0 Å². The third-order valence-corrected chi connectivity index (χ3v) is 2.23. The van der Waals surface area contributed by atoms with Crippen LogP contribution in [0, 0.1) is 0 Å². The van der Waals surface area contributed by atoms with Crippen molar-refractivity contribution in [2.24, 2.45) is 5.73 Å². The fraction of sp³-hybridized carbons (Fsp3) is 0.818. The molecular weight excluding hydrogens is 220 g/mol. The molecule has 4 N–H and O–H groups in total. The molecule has 0 aliphatic heterocycles. The summed E-state index contributed by atoms with van der Waals surface area (Å²) in [6.07, 6.45) is 2.76. The number of amides is 3. The lowest BCUT2D eigenvalue weighted by Crippen LogP contribution is -2.44. The molecule has 0 spiro atoms. The largest absolute Gasteiger partial charge is 0.338 e. The molecule has 17 heavy (non-hydrogen) atoms. The second-order valence-electron chi connectivity index (χ2n) is 4.04. The maximum absolute atomic E-state index is 11.4. The Bertz CT molecular complexity index is 234.